The van der Waals surface area contributed by atoms with Crippen LogP contribution in [0.5, 0.6) is 5.75 Å². The molecule has 1 heterocycles. The number of carbonyl (C=O) groups excluding carboxylic acids is 1. The highest BCUT2D eigenvalue weighted by Crippen LogP contribution is 2.03. The molecule has 0 bridgehead atoms. The van der Waals surface area contributed by atoms with Crippen LogP contribution >= 0.6 is 0 Å². The second kappa shape index (κ2) is 8.78. The van der Waals surface area contributed by atoms with Gasteiger partial charge < -0.3 is 9.47 Å². The standard InChI is InChI=1S/C14H20N2O5/c1-3-12(17)21-9-7-5-4-6-8-16-10-11(20-2)13(18)15-14(16)19/h3,10H,1,4-9H2,2H3,(H,15,18,19). The summed E-state index contributed by atoms with van der Waals surface area (Å²) in [6, 6.07) is 0. The molecule has 0 aliphatic carbocycles. The largest absolute Gasteiger partial charge is 0.490 e. The first-order chi connectivity index (χ1) is 10.1. The minimum atomic E-state index is -0.525. The average Bonchev–Trinajstić information content (AvgIpc) is 2.47. The van der Waals surface area contributed by atoms with E-state index in [1.807, 2.05) is 0 Å². The highest BCUT2D eigenvalue weighted by Gasteiger charge is 2.04. The second-order valence-electron chi connectivity index (χ2n) is 4.44. The predicted molar refractivity (Wildman–Crippen MR) is 77.5 cm³/mol. The van der Waals surface area contributed by atoms with E-state index in [1.165, 1.54) is 17.9 Å². The summed E-state index contributed by atoms with van der Waals surface area (Å²) >= 11 is 0. The van der Waals surface area contributed by atoms with Gasteiger partial charge in [0.1, 0.15) is 0 Å². The first-order valence-electron chi connectivity index (χ1n) is 6.75. The number of H-pyrrole nitrogens is 1. The number of aromatic amines is 1. The van der Waals surface area contributed by atoms with Crippen molar-refractivity contribution in [2.75, 3.05) is 13.7 Å². The predicted octanol–water partition coefficient (Wildman–Crippen LogP) is 0.835. The van der Waals surface area contributed by atoms with Crippen molar-refractivity contribution in [3.05, 3.63) is 39.7 Å². The smallest absolute Gasteiger partial charge is 0.330 e. The van der Waals surface area contributed by atoms with E-state index in [9.17, 15) is 14.4 Å². The molecular formula is C14H20N2O5. The van der Waals surface area contributed by atoms with Crippen LogP contribution in [-0.2, 0) is 16.1 Å². The molecule has 7 heteroatoms. The fourth-order valence-electron chi connectivity index (χ4n) is 1.77. The Bertz CT molecular complexity index is 588. The molecule has 0 amide bonds. The van der Waals surface area contributed by atoms with Gasteiger partial charge in [-0.05, 0) is 19.3 Å². The Morgan fingerprint density at radius 2 is 2.05 bits per heavy atom. The molecule has 0 spiro atoms. The number of hydrogen-bond donors (Lipinski definition) is 1. The number of methoxy groups -OCH3 is 1. The maximum absolute atomic E-state index is 11.6. The van der Waals surface area contributed by atoms with Gasteiger partial charge in [0.15, 0.2) is 0 Å². The molecule has 0 aromatic carbocycles. The molecule has 21 heavy (non-hydrogen) atoms. The number of hydrogen-bond acceptors (Lipinski definition) is 5. The van der Waals surface area contributed by atoms with Crippen molar-refractivity contribution in [3.63, 3.8) is 0 Å². The zero-order chi connectivity index (χ0) is 15.7. The van der Waals surface area contributed by atoms with Gasteiger partial charge in [0, 0.05) is 12.6 Å². The third kappa shape index (κ3) is 5.68. The van der Waals surface area contributed by atoms with Gasteiger partial charge in [0.05, 0.1) is 19.9 Å². The van der Waals surface area contributed by atoms with Crippen LogP contribution in [0.4, 0.5) is 0 Å². The van der Waals surface area contributed by atoms with E-state index in [0.29, 0.717) is 13.2 Å². The van der Waals surface area contributed by atoms with Gasteiger partial charge in [-0.1, -0.05) is 13.0 Å². The van der Waals surface area contributed by atoms with Gasteiger partial charge in [-0.15, -0.1) is 0 Å². The second-order valence-corrected chi connectivity index (χ2v) is 4.44. The first kappa shape index (κ1) is 16.7. The van der Waals surface area contributed by atoms with Crippen molar-refractivity contribution >= 4 is 5.97 Å². The zero-order valence-electron chi connectivity index (χ0n) is 12.1. The van der Waals surface area contributed by atoms with Crippen molar-refractivity contribution in [2.45, 2.75) is 32.2 Å². The number of unbranched alkanes of at least 4 members (excludes halogenated alkanes) is 3. The molecule has 0 aliphatic rings. The minimum Gasteiger partial charge on any atom is -0.490 e. The lowest BCUT2D eigenvalue weighted by atomic mass is 10.2. The molecular weight excluding hydrogens is 276 g/mol. The summed E-state index contributed by atoms with van der Waals surface area (Å²) in [5.41, 5.74) is -0.969. The molecule has 0 aliphatic heterocycles. The molecule has 0 saturated carbocycles. The number of ether oxygens (including phenoxy) is 2. The lowest BCUT2D eigenvalue weighted by molar-refractivity contribution is -0.137. The molecule has 0 unspecified atom stereocenters. The lowest BCUT2D eigenvalue weighted by Crippen LogP contribution is -2.30. The molecule has 0 radical (unpaired) electrons. The van der Waals surface area contributed by atoms with Crippen molar-refractivity contribution < 1.29 is 14.3 Å². The number of nitrogens with zero attached hydrogens (tertiary/aromatic N) is 1. The number of aryl methyl sites for hydroxylation is 1. The molecule has 1 rings (SSSR count). The Morgan fingerprint density at radius 1 is 1.33 bits per heavy atom. The van der Waals surface area contributed by atoms with E-state index in [-0.39, 0.29) is 5.75 Å². The summed E-state index contributed by atoms with van der Waals surface area (Å²) in [6.07, 6.45) is 5.87. The van der Waals surface area contributed by atoms with Crippen LogP contribution in [0.2, 0.25) is 0 Å². The summed E-state index contributed by atoms with van der Waals surface area (Å²) < 4.78 is 11.1. The van der Waals surface area contributed by atoms with Gasteiger partial charge in [0.25, 0.3) is 5.56 Å². The molecule has 7 nitrogen and oxygen atoms in total. The third-order valence-corrected chi connectivity index (χ3v) is 2.90. The number of esters is 1. The molecule has 0 atom stereocenters. The summed E-state index contributed by atoms with van der Waals surface area (Å²) in [6.45, 7) is 4.18. The monoisotopic (exact) mass is 296 g/mol. The van der Waals surface area contributed by atoms with Crippen LogP contribution in [-0.4, -0.2) is 29.2 Å². The van der Waals surface area contributed by atoms with Crippen LogP contribution in [0.1, 0.15) is 25.7 Å². The molecule has 0 fully saturated rings. The minimum absolute atomic E-state index is 0.117. The maximum Gasteiger partial charge on any atom is 0.330 e. The van der Waals surface area contributed by atoms with Crippen LogP contribution < -0.4 is 16.0 Å². The highest BCUT2D eigenvalue weighted by atomic mass is 16.5. The van der Waals surface area contributed by atoms with E-state index >= 15 is 0 Å². The van der Waals surface area contributed by atoms with Crippen molar-refractivity contribution in [1.29, 1.82) is 0 Å². The van der Waals surface area contributed by atoms with Gasteiger partial charge in [-0.3, -0.25) is 14.3 Å². The Morgan fingerprint density at radius 3 is 2.71 bits per heavy atom. The molecule has 1 N–H and O–H groups in total. The maximum atomic E-state index is 11.6. The Hall–Kier alpha value is -2.31. The van der Waals surface area contributed by atoms with E-state index in [2.05, 4.69) is 11.6 Å². The van der Waals surface area contributed by atoms with Crippen LogP contribution in [0.3, 0.4) is 0 Å². The fourth-order valence-corrected chi connectivity index (χ4v) is 1.77. The van der Waals surface area contributed by atoms with Crippen molar-refractivity contribution in [1.82, 2.24) is 9.55 Å². The van der Waals surface area contributed by atoms with Crippen molar-refractivity contribution in [3.8, 4) is 5.75 Å². The Balaban J connectivity index is 2.30. The van der Waals surface area contributed by atoms with Gasteiger partial charge in [-0.25, -0.2) is 9.59 Å². The van der Waals surface area contributed by atoms with E-state index < -0.39 is 17.2 Å². The number of rotatable bonds is 9. The molecule has 1 aromatic heterocycles. The topological polar surface area (TPSA) is 90.4 Å². The number of aromatic nitrogens is 2. The van der Waals surface area contributed by atoms with Gasteiger partial charge in [0.2, 0.25) is 5.75 Å². The summed E-state index contributed by atoms with van der Waals surface area (Å²) in [5.74, 6) is -0.298. The highest BCUT2D eigenvalue weighted by molar-refractivity contribution is 5.81. The van der Waals surface area contributed by atoms with Gasteiger partial charge in [-0.2, -0.15) is 0 Å². The summed E-state index contributed by atoms with van der Waals surface area (Å²) in [4.78, 5) is 35.9. The van der Waals surface area contributed by atoms with E-state index in [1.54, 1.807) is 0 Å². The van der Waals surface area contributed by atoms with Crippen LogP contribution in [0, 0.1) is 0 Å². The normalized spacial score (nSPS) is 10.1. The molecule has 0 saturated heterocycles. The average molecular weight is 296 g/mol. The third-order valence-electron chi connectivity index (χ3n) is 2.90. The van der Waals surface area contributed by atoms with Crippen LogP contribution in [0.15, 0.2) is 28.4 Å². The Kier molecular flexibility index (Phi) is 7.00. The zero-order valence-corrected chi connectivity index (χ0v) is 12.1. The molecule has 116 valence electrons. The Labute approximate surface area is 122 Å². The molecule has 1 aromatic rings. The van der Waals surface area contributed by atoms with E-state index in [4.69, 9.17) is 9.47 Å². The first-order valence-corrected chi connectivity index (χ1v) is 6.75. The number of carbonyl (C=O) groups is 1. The summed E-state index contributed by atoms with van der Waals surface area (Å²) in [7, 11) is 1.38. The quantitative estimate of drug-likeness (QED) is 0.414. The lowest BCUT2D eigenvalue weighted by Gasteiger charge is -2.07. The fraction of sp³-hybridized carbons (Fsp3) is 0.500. The van der Waals surface area contributed by atoms with E-state index in [0.717, 1.165) is 31.8 Å². The van der Waals surface area contributed by atoms with Crippen LogP contribution in [0.25, 0.3) is 0 Å². The summed E-state index contributed by atoms with van der Waals surface area (Å²) in [5, 5.41) is 0. The number of nitrogens with one attached hydrogen (secondary N) is 1. The van der Waals surface area contributed by atoms with Gasteiger partial charge >= 0.3 is 11.7 Å². The van der Waals surface area contributed by atoms with Crippen molar-refractivity contribution in [2.24, 2.45) is 0 Å². The SMILES string of the molecule is C=CC(=O)OCCCCCCn1cc(OC)c(=O)[nH]c1=O.